The number of carbonyl (C=O) groups excluding carboxylic acids is 1. The van der Waals surface area contributed by atoms with Crippen LogP contribution in [-0.4, -0.2) is 41.5 Å². The van der Waals surface area contributed by atoms with E-state index in [1.807, 2.05) is 30.3 Å². The molecule has 4 nitrogen and oxygen atoms in total. The Balaban J connectivity index is 1.88. The molecular weight excluding hydrogens is 237 g/mol. The Hall–Kier alpha value is -1.62. The number of hydrogen-bond donors (Lipinski definition) is 1. The molecule has 2 rings (SSSR count). The van der Waals surface area contributed by atoms with Crippen molar-refractivity contribution in [2.45, 2.75) is 25.2 Å². The van der Waals surface area contributed by atoms with Gasteiger partial charge in [0.25, 0.3) is 0 Å². The van der Waals surface area contributed by atoms with Crippen LogP contribution in [0.5, 0.6) is 0 Å². The number of halogens is 1. The number of ether oxygens (including phenoxy) is 1. The summed E-state index contributed by atoms with van der Waals surface area (Å²) < 4.78 is 17.8. The number of aliphatic hydroxyl groups excluding tert-OH is 1. The molecule has 0 saturated carbocycles. The average Bonchev–Trinajstić information content (AvgIpc) is 2.78. The van der Waals surface area contributed by atoms with E-state index in [2.05, 4.69) is 0 Å². The summed E-state index contributed by atoms with van der Waals surface area (Å²) in [4.78, 5) is 13.0. The molecule has 1 saturated heterocycles. The highest BCUT2D eigenvalue weighted by Gasteiger charge is 2.35. The minimum absolute atomic E-state index is 0.141. The van der Waals surface area contributed by atoms with Gasteiger partial charge < -0.3 is 9.84 Å². The predicted molar refractivity (Wildman–Crippen MR) is 63.7 cm³/mol. The van der Waals surface area contributed by atoms with Crippen LogP contribution in [0.1, 0.15) is 12.0 Å². The van der Waals surface area contributed by atoms with Gasteiger partial charge in [-0.15, -0.1) is 0 Å². The van der Waals surface area contributed by atoms with Crippen LogP contribution in [0, 0.1) is 0 Å². The van der Waals surface area contributed by atoms with Crippen LogP contribution in [0.25, 0.3) is 0 Å². The summed E-state index contributed by atoms with van der Waals surface area (Å²) in [7, 11) is 0. The number of likely N-dealkylation sites (tertiary alicyclic amines) is 1. The van der Waals surface area contributed by atoms with Crippen LogP contribution >= 0.6 is 0 Å². The SMILES string of the molecule is O=C(OCc1ccccc1)N1C[C@H](O)C[C@H]1CF. The summed E-state index contributed by atoms with van der Waals surface area (Å²) in [6, 6.07) is 8.71. The lowest BCUT2D eigenvalue weighted by molar-refractivity contribution is 0.0842. The lowest BCUT2D eigenvalue weighted by atomic mass is 10.2. The molecule has 0 bridgehead atoms. The van der Waals surface area contributed by atoms with Crippen molar-refractivity contribution in [1.82, 2.24) is 4.90 Å². The fraction of sp³-hybridized carbons (Fsp3) is 0.462. The first-order chi connectivity index (χ1) is 8.70. The number of carbonyl (C=O) groups is 1. The molecule has 2 atom stereocenters. The van der Waals surface area contributed by atoms with Gasteiger partial charge in [-0.2, -0.15) is 0 Å². The average molecular weight is 253 g/mol. The Morgan fingerprint density at radius 2 is 2.17 bits per heavy atom. The van der Waals surface area contributed by atoms with Gasteiger partial charge in [0.05, 0.1) is 18.7 Å². The van der Waals surface area contributed by atoms with E-state index < -0.39 is 24.9 Å². The first-order valence-electron chi connectivity index (χ1n) is 5.92. The summed E-state index contributed by atoms with van der Waals surface area (Å²) in [5.74, 6) is 0. The zero-order valence-electron chi connectivity index (χ0n) is 9.96. The van der Waals surface area contributed by atoms with Crippen LogP contribution in [0.15, 0.2) is 30.3 Å². The molecular formula is C13H16FNO3. The van der Waals surface area contributed by atoms with E-state index in [4.69, 9.17) is 4.74 Å². The summed E-state index contributed by atoms with van der Waals surface area (Å²) in [5, 5.41) is 9.42. The molecule has 1 aromatic rings. The molecule has 0 aromatic heterocycles. The molecule has 0 aliphatic carbocycles. The van der Waals surface area contributed by atoms with E-state index in [-0.39, 0.29) is 19.6 Å². The lowest BCUT2D eigenvalue weighted by Gasteiger charge is -2.21. The van der Waals surface area contributed by atoms with Gasteiger partial charge in [0.15, 0.2) is 0 Å². The topological polar surface area (TPSA) is 49.8 Å². The maximum absolute atomic E-state index is 12.7. The van der Waals surface area contributed by atoms with Crippen molar-refractivity contribution in [2.24, 2.45) is 0 Å². The summed E-state index contributed by atoms with van der Waals surface area (Å²) in [5.41, 5.74) is 0.877. The van der Waals surface area contributed by atoms with Gasteiger partial charge in [-0.3, -0.25) is 4.90 Å². The third-order valence-corrected chi connectivity index (χ3v) is 3.01. The number of rotatable bonds is 3. The zero-order valence-corrected chi connectivity index (χ0v) is 9.96. The Labute approximate surface area is 105 Å². The fourth-order valence-electron chi connectivity index (χ4n) is 2.06. The molecule has 1 N–H and O–H groups in total. The van der Waals surface area contributed by atoms with E-state index in [0.29, 0.717) is 0 Å². The van der Waals surface area contributed by atoms with Crippen LogP contribution in [0.2, 0.25) is 0 Å². The number of β-amino-alcohol motifs (C(OH)–C–C–N with tert-alkyl or cyclic N) is 1. The molecule has 0 radical (unpaired) electrons. The maximum atomic E-state index is 12.7. The number of hydrogen-bond acceptors (Lipinski definition) is 3. The normalized spacial score (nSPS) is 23.1. The number of aliphatic hydroxyl groups is 1. The largest absolute Gasteiger partial charge is 0.445 e. The minimum Gasteiger partial charge on any atom is -0.445 e. The zero-order chi connectivity index (χ0) is 13.0. The fourth-order valence-corrected chi connectivity index (χ4v) is 2.06. The molecule has 98 valence electrons. The van der Waals surface area contributed by atoms with Crippen molar-refractivity contribution in [2.75, 3.05) is 13.2 Å². The Bertz CT molecular complexity index is 398. The number of nitrogens with zero attached hydrogens (tertiary/aromatic N) is 1. The highest BCUT2D eigenvalue weighted by Crippen LogP contribution is 2.19. The standard InChI is InChI=1S/C13H16FNO3/c14-7-11-6-12(16)8-15(11)13(17)18-9-10-4-2-1-3-5-10/h1-5,11-12,16H,6-9H2/t11-,12+/m0/s1. The second-order valence-corrected chi connectivity index (χ2v) is 4.39. The first kappa shape index (κ1) is 12.8. The Morgan fingerprint density at radius 1 is 1.44 bits per heavy atom. The van der Waals surface area contributed by atoms with Gasteiger partial charge in [0.1, 0.15) is 13.3 Å². The predicted octanol–water partition coefficient (Wildman–Crippen LogP) is 1.73. The highest BCUT2D eigenvalue weighted by molar-refractivity contribution is 5.68. The van der Waals surface area contributed by atoms with E-state index in [0.717, 1.165) is 5.56 Å². The Kier molecular flexibility index (Phi) is 4.15. The van der Waals surface area contributed by atoms with Gasteiger partial charge in [-0.1, -0.05) is 30.3 Å². The van der Waals surface area contributed by atoms with Gasteiger partial charge in [-0.25, -0.2) is 9.18 Å². The third kappa shape index (κ3) is 2.98. The van der Waals surface area contributed by atoms with Gasteiger partial charge in [0, 0.05) is 0 Å². The molecule has 18 heavy (non-hydrogen) atoms. The molecule has 1 heterocycles. The molecule has 1 amide bonds. The minimum atomic E-state index is -0.657. The monoisotopic (exact) mass is 253 g/mol. The molecule has 1 fully saturated rings. The van der Waals surface area contributed by atoms with Crippen molar-refractivity contribution >= 4 is 6.09 Å². The number of benzene rings is 1. The van der Waals surface area contributed by atoms with E-state index in [1.165, 1.54) is 4.90 Å². The number of alkyl halides is 1. The number of amides is 1. The highest BCUT2D eigenvalue weighted by atomic mass is 19.1. The third-order valence-electron chi connectivity index (χ3n) is 3.01. The van der Waals surface area contributed by atoms with Crippen molar-refractivity contribution in [1.29, 1.82) is 0 Å². The molecule has 1 aliphatic heterocycles. The lowest BCUT2D eigenvalue weighted by Crippen LogP contribution is -2.37. The quantitative estimate of drug-likeness (QED) is 0.892. The van der Waals surface area contributed by atoms with Crippen LogP contribution in [0.3, 0.4) is 0 Å². The molecule has 0 spiro atoms. The molecule has 5 heteroatoms. The maximum Gasteiger partial charge on any atom is 0.410 e. The summed E-state index contributed by atoms with van der Waals surface area (Å²) in [6.07, 6.45) is -0.954. The second kappa shape index (κ2) is 5.82. The van der Waals surface area contributed by atoms with Crippen LogP contribution < -0.4 is 0 Å². The van der Waals surface area contributed by atoms with Crippen molar-refractivity contribution in [3.8, 4) is 0 Å². The van der Waals surface area contributed by atoms with E-state index >= 15 is 0 Å². The van der Waals surface area contributed by atoms with Crippen molar-refractivity contribution in [3.05, 3.63) is 35.9 Å². The van der Waals surface area contributed by atoms with E-state index in [1.54, 1.807) is 0 Å². The summed E-state index contributed by atoms with van der Waals surface area (Å²) in [6.45, 7) is -0.356. The van der Waals surface area contributed by atoms with Crippen LogP contribution in [0.4, 0.5) is 9.18 Å². The molecule has 1 aromatic carbocycles. The molecule has 1 aliphatic rings. The van der Waals surface area contributed by atoms with Gasteiger partial charge in [-0.05, 0) is 12.0 Å². The Morgan fingerprint density at radius 3 is 2.83 bits per heavy atom. The molecule has 0 unspecified atom stereocenters. The first-order valence-corrected chi connectivity index (χ1v) is 5.92. The second-order valence-electron chi connectivity index (χ2n) is 4.39. The summed E-state index contributed by atoms with van der Waals surface area (Å²) >= 11 is 0. The smallest absolute Gasteiger partial charge is 0.410 e. The van der Waals surface area contributed by atoms with Crippen molar-refractivity contribution < 1.29 is 19.0 Å². The van der Waals surface area contributed by atoms with Crippen molar-refractivity contribution in [3.63, 3.8) is 0 Å². The van der Waals surface area contributed by atoms with E-state index in [9.17, 15) is 14.3 Å². The van der Waals surface area contributed by atoms with Crippen LogP contribution in [-0.2, 0) is 11.3 Å². The van der Waals surface area contributed by atoms with Gasteiger partial charge >= 0.3 is 6.09 Å². The van der Waals surface area contributed by atoms with Gasteiger partial charge in [0.2, 0.25) is 0 Å².